The highest BCUT2D eigenvalue weighted by atomic mass is 35.5. The quantitative estimate of drug-likeness (QED) is 0.293. The Kier molecular flexibility index (Phi) is 7.13. The molecule has 0 bridgehead atoms. The number of nitrogens with one attached hydrogen (secondary N) is 1. The Hall–Kier alpha value is -3.13. The fraction of sp³-hybridized carbons (Fsp3) is 0.222. The van der Waals surface area contributed by atoms with Crippen molar-refractivity contribution in [1.29, 1.82) is 0 Å². The van der Waals surface area contributed by atoms with Crippen LogP contribution in [0.3, 0.4) is 0 Å². The van der Waals surface area contributed by atoms with Crippen LogP contribution in [-0.4, -0.2) is 30.0 Å². The fourth-order valence-corrected chi connectivity index (χ4v) is 2.56. The number of primary amides is 1. The van der Waals surface area contributed by atoms with Gasteiger partial charge in [-0.3, -0.25) is 19.7 Å². The number of carbonyl (C=O) groups excluding carboxylic acids is 2. The van der Waals surface area contributed by atoms with Gasteiger partial charge in [-0.2, -0.15) is 0 Å². The number of carbonyl (C=O) groups is 2. The van der Waals surface area contributed by atoms with Gasteiger partial charge < -0.3 is 15.8 Å². The number of nitrogens with zero attached hydrogens (tertiary/aromatic N) is 1. The number of hydrogen-bond acceptors (Lipinski definition) is 6. The maximum absolute atomic E-state index is 11.8. The summed E-state index contributed by atoms with van der Waals surface area (Å²) in [6.45, 7) is 0.225. The highest BCUT2D eigenvalue weighted by Crippen LogP contribution is 2.25. The van der Waals surface area contributed by atoms with E-state index in [9.17, 15) is 19.7 Å². The molecule has 0 saturated carbocycles. The van der Waals surface area contributed by atoms with Crippen LogP contribution in [0.5, 0.6) is 0 Å². The second-order valence-electron chi connectivity index (χ2n) is 5.63. The van der Waals surface area contributed by atoms with Gasteiger partial charge in [0.2, 0.25) is 5.91 Å². The first-order valence-electron chi connectivity index (χ1n) is 8.09. The number of nitro benzene ring substituents is 1. The Balaban J connectivity index is 1.80. The highest BCUT2D eigenvalue weighted by molar-refractivity contribution is 6.30. The molecule has 2 rings (SSSR count). The first-order chi connectivity index (χ1) is 12.9. The summed E-state index contributed by atoms with van der Waals surface area (Å²) in [6.07, 6.45) is 0.709. The van der Waals surface area contributed by atoms with Crippen molar-refractivity contribution in [2.24, 2.45) is 5.73 Å². The van der Waals surface area contributed by atoms with E-state index in [0.717, 1.165) is 11.6 Å². The van der Waals surface area contributed by atoms with E-state index < -0.39 is 10.8 Å². The van der Waals surface area contributed by atoms with Gasteiger partial charge in [0, 0.05) is 29.6 Å². The monoisotopic (exact) mass is 391 g/mol. The third kappa shape index (κ3) is 6.27. The third-order valence-corrected chi connectivity index (χ3v) is 3.90. The maximum Gasteiger partial charge on any atom is 0.306 e. The van der Waals surface area contributed by atoms with Crippen molar-refractivity contribution < 1.29 is 19.2 Å². The van der Waals surface area contributed by atoms with Crippen molar-refractivity contribution in [3.63, 3.8) is 0 Å². The van der Waals surface area contributed by atoms with Crippen LogP contribution in [0, 0.1) is 10.1 Å². The lowest BCUT2D eigenvalue weighted by Crippen LogP contribution is -2.15. The van der Waals surface area contributed by atoms with Crippen LogP contribution in [0.15, 0.2) is 42.5 Å². The molecule has 0 radical (unpaired) electrons. The molecule has 142 valence electrons. The number of benzene rings is 2. The van der Waals surface area contributed by atoms with E-state index in [4.69, 9.17) is 22.1 Å². The molecular weight excluding hydrogens is 374 g/mol. The molecular formula is C18H18ClN3O5. The summed E-state index contributed by atoms with van der Waals surface area (Å²) in [7, 11) is 0. The molecule has 0 saturated heterocycles. The van der Waals surface area contributed by atoms with Crippen LogP contribution >= 0.6 is 11.6 Å². The number of halogens is 1. The molecule has 9 heteroatoms. The minimum absolute atomic E-state index is 0.0414. The lowest BCUT2D eigenvalue weighted by atomic mass is 10.1. The second kappa shape index (κ2) is 9.54. The largest absolute Gasteiger partial charge is 0.464 e. The molecule has 0 aliphatic rings. The standard InChI is InChI=1S/C18H18ClN3O5/c19-14-3-1-2-12(10-14)4-7-17(23)27-9-8-21-15-6-5-13(18(20)24)11-16(15)22(25)26/h1-3,5-6,10-11,21H,4,7-9H2,(H2,20,24). The van der Waals surface area contributed by atoms with Gasteiger partial charge in [-0.15, -0.1) is 0 Å². The van der Waals surface area contributed by atoms with Gasteiger partial charge in [-0.1, -0.05) is 23.7 Å². The molecule has 0 heterocycles. The van der Waals surface area contributed by atoms with E-state index in [2.05, 4.69) is 5.32 Å². The van der Waals surface area contributed by atoms with Crippen molar-refractivity contribution in [1.82, 2.24) is 0 Å². The molecule has 0 fully saturated rings. The van der Waals surface area contributed by atoms with Gasteiger partial charge in [-0.25, -0.2) is 0 Å². The molecule has 2 aromatic rings. The predicted molar refractivity (Wildman–Crippen MR) is 101 cm³/mol. The first kappa shape index (κ1) is 20.2. The summed E-state index contributed by atoms with van der Waals surface area (Å²) in [5, 5.41) is 14.5. The Morgan fingerprint density at radius 1 is 1.22 bits per heavy atom. The Morgan fingerprint density at radius 2 is 2.00 bits per heavy atom. The van der Waals surface area contributed by atoms with Crippen LogP contribution in [-0.2, 0) is 16.0 Å². The lowest BCUT2D eigenvalue weighted by Gasteiger charge is -2.09. The van der Waals surface area contributed by atoms with Crippen LogP contribution in [0.2, 0.25) is 5.02 Å². The maximum atomic E-state index is 11.8. The van der Waals surface area contributed by atoms with Gasteiger partial charge >= 0.3 is 5.97 Å². The summed E-state index contributed by atoms with van der Waals surface area (Å²) in [5.74, 6) is -1.13. The summed E-state index contributed by atoms with van der Waals surface area (Å²) in [5.41, 5.74) is 6.02. The van der Waals surface area contributed by atoms with Crippen molar-refractivity contribution in [3.05, 3.63) is 68.7 Å². The van der Waals surface area contributed by atoms with E-state index in [-0.39, 0.29) is 42.5 Å². The van der Waals surface area contributed by atoms with Gasteiger partial charge in [0.05, 0.1) is 4.92 Å². The van der Waals surface area contributed by atoms with Crippen molar-refractivity contribution in [3.8, 4) is 0 Å². The van der Waals surface area contributed by atoms with Gasteiger partial charge in [0.15, 0.2) is 0 Å². The summed E-state index contributed by atoms with van der Waals surface area (Å²) in [4.78, 5) is 33.4. The average Bonchev–Trinajstić information content (AvgIpc) is 2.63. The van der Waals surface area contributed by atoms with E-state index in [0.29, 0.717) is 11.4 Å². The zero-order chi connectivity index (χ0) is 19.8. The van der Waals surface area contributed by atoms with E-state index in [1.165, 1.54) is 12.1 Å². The number of amides is 1. The summed E-state index contributed by atoms with van der Waals surface area (Å²) in [6, 6.07) is 11.1. The number of rotatable bonds is 9. The molecule has 3 N–H and O–H groups in total. The number of ether oxygens (including phenoxy) is 1. The molecule has 0 unspecified atom stereocenters. The van der Waals surface area contributed by atoms with E-state index in [1.54, 1.807) is 12.1 Å². The smallest absolute Gasteiger partial charge is 0.306 e. The van der Waals surface area contributed by atoms with Crippen molar-refractivity contribution >= 4 is 34.9 Å². The minimum Gasteiger partial charge on any atom is -0.464 e. The number of hydrogen-bond donors (Lipinski definition) is 2. The number of nitrogens with two attached hydrogens (primary N) is 1. The van der Waals surface area contributed by atoms with Crippen LogP contribution in [0.4, 0.5) is 11.4 Å². The number of nitro groups is 1. The fourth-order valence-electron chi connectivity index (χ4n) is 2.35. The second-order valence-corrected chi connectivity index (χ2v) is 6.07. The average molecular weight is 392 g/mol. The van der Waals surface area contributed by atoms with Crippen LogP contribution in [0.25, 0.3) is 0 Å². The number of esters is 1. The van der Waals surface area contributed by atoms with Crippen LogP contribution in [0.1, 0.15) is 22.3 Å². The topological polar surface area (TPSA) is 125 Å². The third-order valence-electron chi connectivity index (χ3n) is 3.67. The molecule has 0 aliphatic carbocycles. The molecule has 1 amide bonds. The Bertz CT molecular complexity index is 857. The molecule has 0 atom stereocenters. The number of anilines is 1. The summed E-state index contributed by atoms with van der Waals surface area (Å²) < 4.78 is 5.10. The van der Waals surface area contributed by atoms with E-state index in [1.807, 2.05) is 12.1 Å². The van der Waals surface area contributed by atoms with Gasteiger partial charge in [-0.05, 0) is 36.2 Å². The minimum atomic E-state index is -0.752. The zero-order valence-corrected chi connectivity index (χ0v) is 15.1. The molecule has 2 aromatic carbocycles. The normalized spacial score (nSPS) is 10.3. The van der Waals surface area contributed by atoms with Gasteiger partial charge in [0.1, 0.15) is 12.3 Å². The van der Waals surface area contributed by atoms with Gasteiger partial charge in [0.25, 0.3) is 5.69 Å². The molecule has 8 nitrogen and oxygen atoms in total. The number of aryl methyl sites for hydroxylation is 1. The SMILES string of the molecule is NC(=O)c1ccc(NCCOC(=O)CCc2cccc(Cl)c2)c([N+](=O)[O-])c1. The molecule has 27 heavy (non-hydrogen) atoms. The first-order valence-corrected chi connectivity index (χ1v) is 8.47. The summed E-state index contributed by atoms with van der Waals surface area (Å²) >= 11 is 5.88. The highest BCUT2D eigenvalue weighted by Gasteiger charge is 2.16. The van der Waals surface area contributed by atoms with Crippen molar-refractivity contribution in [2.75, 3.05) is 18.5 Å². The zero-order valence-electron chi connectivity index (χ0n) is 14.3. The van der Waals surface area contributed by atoms with E-state index >= 15 is 0 Å². The Labute approximate surface area is 160 Å². The van der Waals surface area contributed by atoms with Crippen LogP contribution < -0.4 is 11.1 Å². The molecule has 0 aliphatic heterocycles. The van der Waals surface area contributed by atoms with Crippen molar-refractivity contribution in [2.45, 2.75) is 12.8 Å². The molecule has 0 spiro atoms. The lowest BCUT2D eigenvalue weighted by molar-refractivity contribution is -0.384. The predicted octanol–water partition coefficient (Wildman–Crippen LogP) is 2.94. The Morgan fingerprint density at radius 3 is 2.67 bits per heavy atom. The molecule has 0 aromatic heterocycles.